The number of hydrogen-bond donors (Lipinski definition) is 0. The Hall–Kier alpha value is -1.14. The van der Waals surface area contributed by atoms with Crippen molar-refractivity contribution in [3.05, 3.63) is 34.2 Å². The molecule has 2 nitrogen and oxygen atoms in total. The smallest absolute Gasteiger partial charge is 0.0966 e. The van der Waals surface area contributed by atoms with Crippen LogP contribution in [0.25, 0.3) is 0 Å². The molecule has 0 spiro atoms. The molecule has 60 valence electrons. The Balaban J connectivity index is 2.24. The molecule has 0 aromatic carbocycles. The molecule has 2 heterocycles. The van der Waals surface area contributed by atoms with Crippen molar-refractivity contribution in [3.63, 3.8) is 0 Å². The van der Waals surface area contributed by atoms with Gasteiger partial charge in [-0.25, -0.2) is 0 Å². The summed E-state index contributed by atoms with van der Waals surface area (Å²) in [5, 5.41) is 12.0. The first-order valence-corrected chi connectivity index (χ1v) is 4.65. The molecule has 0 aliphatic carbocycles. The van der Waals surface area contributed by atoms with Gasteiger partial charge in [0.1, 0.15) is 0 Å². The molecular weight excluding hydrogens is 168 g/mol. The minimum atomic E-state index is 0.764. The lowest BCUT2D eigenvalue weighted by Crippen LogP contribution is -2.27. The van der Waals surface area contributed by atoms with Crippen molar-refractivity contribution in [2.24, 2.45) is 0 Å². The third kappa shape index (κ3) is 1.26. The van der Waals surface area contributed by atoms with Crippen LogP contribution in [0.15, 0.2) is 34.2 Å². The quantitative estimate of drug-likeness (QED) is 0.563. The summed E-state index contributed by atoms with van der Waals surface area (Å²) in [5.41, 5.74) is 0.842. The van der Waals surface area contributed by atoms with Gasteiger partial charge in [0, 0.05) is 12.1 Å². The number of nitrogens with zero attached hydrogens (tertiary/aromatic N) is 2. The number of fused-ring (bicyclic) bond motifs is 1. The molecule has 0 saturated carbocycles. The van der Waals surface area contributed by atoms with Gasteiger partial charge in [0.25, 0.3) is 0 Å². The fraction of sp³-hybridized carbons (Fsp3) is 0.222. The Bertz CT molecular complexity index is 320. The number of rotatable bonds is 0. The molecule has 0 unspecified atom stereocenters. The predicted molar refractivity (Wildman–Crippen MR) is 50.1 cm³/mol. The minimum Gasteiger partial charge on any atom is -0.357 e. The molecule has 3 heteroatoms. The van der Waals surface area contributed by atoms with Crippen molar-refractivity contribution in [2.75, 3.05) is 13.1 Å². The first-order chi connectivity index (χ1) is 5.90. The van der Waals surface area contributed by atoms with E-state index in [1.165, 1.54) is 5.03 Å². The normalized spacial score (nSPS) is 20.8. The zero-order valence-corrected chi connectivity index (χ0v) is 7.34. The van der Waals surface area contributed by atoms with Gasteiger partial charge in [0.2, 0.25) is 0 Å². The molecule has 0 saturated heterocycles. The van der Waals surface area contributed by atoms with E-state index in [9.17, 15) is 0 Å². The molecule has 0 atom stereocenters. The highest BCUT2D eigenvalue weighted by Gasteiger charge is 2.15. The summed E-state index contributed by atoms with van der Waals surface area (Å²) in [6, 6.07) is 2.18. The van der Waals surface area contributed by atoms with E-state index < -0.39 is 0 Å². The summed E-state index contributed by atoms with van der Waals surface area (Å²) < 4.78 is 0. The van der Waals surface area contributed by atoms with E-state index in [1.54, 1.807) is 11.8 Å². The van der Waals surface area contributed by atoms with E-state index in [-0.39, 0.29) is 0 Å². The summed E-state index contributed by atoms with van der Waals surface area (Å²) >= 11 is 1.71. The van der Waals surface area contributed by atoms with Crippen molar-refractivity contribution in [1.82, 2.24) is 4.90 Å². The van der Waals surface area contributed by atoms with E-state index in [2.05, 4.69) is 22.5 Å². The van der Waals surface area contributed by atoms with Crippen molar-refractivity contribution in [2.45, 2.75) is 0 Å². The van der Waals surface area contributed by atoms with Crippen LogP contribution in [0.4, 0.5) is 0 Å². The summed E-state index contributed by atoms with van der Waals surface area (Å²) in [7, 11) is 0. The summed E-state index contributed by atoms with van der Waals surface area (Å²) in [5.74, 6) is 0. The molecule has 12 heavy (non-hydrogen) atoms. The Morgan fingerprint density at radius 3 is 3.25 bits per heavy atom. The molecule has 0 fully saturated rings. The molecule has 0 aromatic rings. The predicted octanol–water partition coefficient (Wildman–Crippen LogP) is 1.85. The molecular formula is C9H8N2S. The van der Waals surface area contributed by atoms with Crippen LogP contribution in [-0.4, -0.2) is 18.0 Å². The standard InChI is InChI=1S/C9H8N2S/c10-6-8-2-3-9-11(7-8)4-1-5-12-9/h1-3,5H,4,7H2. The van der Waals surface area contributed by atoms with Crippen LogP contribution in [0.3, 0.4) is 0 Å². The maximum Gasteiger partial charge on any atom is 0.0966 e. The first kappa shape index (κ1) is 7.51. The Kier molecular flexibility index (Phi) is 1.92. The monoisotopic (exact) mass is 176 g/mol. The van der Waals surface area contributed by atoms with Crippen LogP contribution < -0.4 is 0 Å². The van der Waals surface area contributed by atoms with Crippen LogP contribution in [0.1, 0.15) is 0 Å². The third-order valence-corrected chi connectivity index (χ3v) is 2.82. The van der Waals surface area contributed by atoms with Crippen molar-refractivity contribution in [3.8, 4) is 6.07 Å². The lowest BCUT2D eigenvalue weighted by atomic mass is 10.2. The van der Waals surface area contributed by atoms with Crippen molar-refractivity contribution < 1.29 is 0 Å². The molecule has 2 aliphatic heterocycles. The highest BCUT2D eigenvalue weighted by Crippen LogP contribution is 2.28. The zero-order valence-electron chi connectivity index (χ0n) is 6.53. The second kappa shape index (κ2) is 3.08. The molecule has 2 aliphatic rings. The lowest BCUT2D eigenvalue weighted by Gasteiger charge is -2.29. The minimum absolute atomic E-state index is 0.764. The van der Waals surface area contributed by atoms with Gasteiger partial charge in [0.15, 0.2) is 0 Å². The average molecular weight is 176 g/mol. The van der Waals surface area contributed by atoms with Gasteiger partial charge < -0.3 is 4.90 Å². The van der Waals surface area contributed by atoms with Crippen LogP contribution in [-0.2, 0) is 0 Å². The SMILES string of the molecule is N#CC1=CC=C2SC=CCN2C1. The maximum atomic E-state index is 8.68. The lowest BCUT2D eigenvalue weighted by molar-refractivity contribution is 0.437. The molecule has 2 rings (SSSR count). The van der Waals surface area contributed by atoms with Gasteiger partial charge in [-0.3, -0.25) is 0 Å². The number of allylic oxidation sites excluding steroid dienone is 2. The van der Waals surface area contributed by atoms with Crippen LogP contribution in [0.2, 0.25) is 0 Å². The Labute approximate surface area is 75.9 Å². The summed E-state index contributed by atoms with van der Waals surface area (Å²) in [6.45, 7) is 1.69. The first-order valence-electron chi connectivity index (χ1n) is 3.78. The third-order valence-electron chi connectivity index (χ3n) is 1.85. The van der Waals surface area contributed by atoms with Crippen molar-refractivity contribution >= 4 is 11.8 Å². The fourth-order valence-corrected chi connectivity index (χ4v) is 2.00. The van der Waals surface area contributed by atoms with Crippen LogP contribution >= 0.6 is 11.8 Å². The topological polar surface area (TPSA) is 27.0 Å². The molecule has 0 aromatic heterocycles. The van der Waals surface area contributed by atoms with Crippen molar-refractivity contribution in [1.29, 1.82) is 5.26 Å². The maximum absolute atomic E-state index is 8.68. The second-order valence-corrected chi connectivity index (χ2v) is 3.60. The Morgan fingerprint density at radius 1 is 1.50 bits per heavy atom. The van der Waals surface area contributed by atoms with E-state index in [0.717, 1.165) is 18.7 Å². The van der Waals surface area contributed by atoms with E-state index in [0.29, 0.717) is 0 Å². The average Bonchev–Trinajstić information content (AvgIpc) is 2.17. The van der Waals surface area contributed by atoms with Crippen LogP contribution in [0.5, 0.6) is 0 Å². The van der Waals surface area contributed by atoms with Crippen LogP contribution in [0, 0.1) is 11.3 Å². The number of thioether (sulfide) groups is 1. The Morgan fingerprint density at radius 2 is 2.42 bits per heavy atom. The van der Waals surface area contributed by atoms with Gasteiger partial charge >= 0.3 is 0 Å². The molecule has 0 amide bonds. The summed E-state index contributed by atoms with van der Waals surface area (Å²) in [4.78, 5) is 2.20. The van der Waals surface area contributed by atoms with E-state index in [1.807, 2.05) is 12.2 Å². The molecule has 0 N–H and O–H groups in total. The van der Waals surface area contributed by atoms with E-state index >= 15 is 0 Å². The fourth-order valence-electron chi connectivity index (χ4n) is 1.24. The molecule has 0 bridgehead atoms. The van der Waals surface area contributed by atoms with E-state index in [4.69, 9.17) is 5.26 Å². The summed E-state index contributed by atoms with van der Waals surface area (Å²) in [6.07, 6.45) is 6.02. The number of hydrogen-bond acceptors (Lipinski definition) is 3. The zero-order chi connectivity index (χ0) is 8.39. The van der Waals surface area contributed by atoms with Gasteiger partial charge in [-0.05, 0) is 17.6 Å². The van der Waals surface area contributed by atoms with Gasteiger partial charge in [-0.2, -0.15) is 5.26 Å². The highest BCUT2D eigenvalue weighted by molar-refractivity contribution is 8.05. The van der Waals surface area contributed by atoms with Gasteiger partial charge in [0.05, 0.1) is 17.6 Å². The largest absolute Gasteiger partial charge is 0.357 e. The second-order valence-electron chi connectivity index (χ2n) is 2.68. The molecule has 0 radical (unpaired) electrons. The van der Waals surface area contributed by atoms with Gasteiger partial charge in [-0.1, -0.05) is 17.8 Å². The highest BCUT2D eigenvalue weighted by atomic mass is 32.2. The van der Waals surface area contributed by atoms with Gasteiger partial charge in [-0.15, -0.1) is 0 Å². The number of nitriles is 1.